The van der Waals surface area contributed by atoms with Crippen molar-refractivity contribution in [2.45, 2.75) is 19.4 Å². The lowest BCUT2D eigenvalue weighted by molar-refractivity contribution is 0.174. The molecule has 0 aliphatic heterocycles. The fourth-order valence-electron chi connectivity index (χ4n) is 2.11. The van der Waals surface area contributed by atoms with Crippen LogP contribution in [0.1, 0.15) is 22.8 Å². The first-order chi connectivity index (χ1) is 9.10. The van der Waals surface area contributed by atoms with Crippen LogP contribution in [0.5, 0.6) is 5.75 Å². The smallest absolute Gasteiger partial charge is 0.124 e. The summed E-state index contributed by atoms with van der Waals surface area (Å²) in [5.41, 5.74) is 3.04. The van der Waals surface area contributed by atoms with E-state index in [0.29, 0.717) is 6.42 Å². The molecule has 0 spiro atoms. The van der Waals surface area contributed by atoms with Gasteiger partial charge in [0.1, 0.15) is 5.75 Å². The number of hydrogen-bond donors (Lipinski definition) is 1. The zero-order chi connectivity index (χ0) is 13.8. The number of aliphatic hydroxyl groups is 1. The summed E-state index contributed by atoms with van der Waals surface area (Å²) in [6.07, 6.45) is 0.00310. The van der Waals surface area contributed by atoms with Crippen molar-refractivity contribution in [3.63, 3.8) is 0 Å². The van der Waals surface area contributed by atoms with Crippen molar-refractivity contribution in [2.75, 3.05) is 7.11 Å². The highest BCUT2D eigenvalue weighted by Gasteiger charge is 2.14. The van der Waals surface area contributed by atoms with E-state index in [0.717, 1.165) is 26.9 Å². The second kappa shape index (κ2) is 6.22. The van der Waals surface area contributed by atoms with Gasteiger partial charge in [-0.1, -0.05) is 39.7 Å². The van der Waals surface area contributed by atoms with Crippen LogP contribution in [0.15, 0.2) is 46.9 Å². The Morgan fingerprint density at radius 3 is 2.68 bits per heavy atom. The molecule has 2 nitrogen and oxygen atoms in total. The Morgan fingerprint density at radius 1 is 1.21 bits per heavy atom. The van der Waals surface area contributed by atoms with Crippen molar-refractivity contribution >= 4 is 15.9 Å². The fraction of sp³-hybridized carbons (Fsp3) is 0.250. The summed E-state index contributed by atoms with van der Waals surface area (Å²) in [5, 5.41) is 10.4. The summed E-state index contributed by atoms with van der Waals surface area (Å²) in [4.78, 5) is 0. The maximum Gasteiger partial charge on any atom is 0.124 e. The van der Waals surface area contributed by atoms with Gasteiger partial charge in [0.2, 0.25) is 0 Å². The molecule has 3 heteroatoms. The lowest BCUT2D eigenvalue weighted by Gasteiger charge is -2.15. The van der Waals surface area contributed by atoms with Gasteiger partial charge in [-0.3, -0.25) is 0 Å². The van der Waals surface area contributed by atoms with Crippen molar-refractivity contribution in [3.05, 3.63) is 63.6 Å². The molecule has 0 fully saturated rings. The van der Waals surface area contributed by atoms with Crippen molar-refractivity contribution in [3.8, 4) is 5.75 Å². The number of rotatable bonds is 4. The lowest BCUT2D eigenvalue weighted by Crippen LogP contribution is -2.04. The van der Waals surface area contributed by atoms with Crippen LogP contribution in [0, 0.1) is 6.92 Å². The van der Waals surface area contributed by atoms with Crippen LogP contribution in [0.25, 0.3) is 0 Å². The number of ether oxygens (including phenoxy) is 1. The SMILES string of the molecule is COc1ccc(C)cc1C(O)Cc1cccc(Br)c1. The molecule has 0 heterocycles. The minimum absolute atomic E-state index is 0.566. The highest BCUT2D eigenvalue weighted by molar-refractivity contribution is 9.10. The van der Waals surface area contributed by atoms with Crippen molar-refractivity contribution in [1.82, 2.24) is 0 Å². The van der Waals surface area contributed by atoms with Crippen molar-refractivity contribution < 1.29 is 9.84 Å². The summed E-state index contributed by atoms with van der Waals surface area (Å²) in [6, 6.07) is 13.8. The summed E-state index contributed by atoms with van der Waals surface area (Å²) in [7, 11) is 1.62. The number of halogens is 1. The van der Waals surface area contributed by atoms with Crippen LogP contribution < -0.4 is 4.74 Å². The molecule has 0 aromatic heterocycles. The molecule has 100 valence electrons. The topological polar surface area (TPSA) is 29.5 Å². The van der Waals surface area contributed by atoms with Gasteiger partial charge in [-0.05, 0) is 36.8 Å². The third kappa shape index (κ3) is 3.58. The van der Waals surface area contributed by atoms with Gasteiger partial charge < -0.3 is 9.84 Å². The summed E-state index contributed by atoms with van der Waals surface area (Å²) in [5.74, 6) is 0.730. The van der Waals surface area contributed by atoms with E-state index < -0.39 is 6.10 Å². The molecule has 1 unspecified atom stereocenters. The molecule has 19 heavy (non-hydrogen) atoms. The standard InChI is InChI=1S/C16H17BrO2/c1-11-6-7-16(19-2)14(8-11)15(18)10-12-4-3-5-13(17)9-12/h3-9,15,18H,10H2,1-2H3. The third-order valence-corrected chi connectivity index (χ3v) is 3.56. The van der Waals surface area contributed by atoms with Gasteiger partial charge in [0.05, 0.1) is 13.2 Å². The molecule has 2 rings (SSSR count). The monoisotopic (exact) mass is 320 g/mol. The Morgan fingerprint density at radius 2 is 2.00 bits per heavy atom. The molecule has 0 aliphatic rings. The molecule has 0 bridgehead atoms. The lowest BCUT2D eigenvalue weighted by atomic mass is 9.99. The zero-order valence-corrected chi connectivity index (χ0v) is 12.6. The highest BCUT2D eigenvalue weighted by atomic mass is 79.9. The molecule has 0 radical (unpaired) electrons. The van der Waals surface area contributed by atoms with Crippen LogP contribution in [-0.4, -0.2) is 12.2 Å². The predicted octanol–water partition coefficient (Wildman–Crippen LogP) is 4.04. The van der Waals surface area contributed by atoms with Gasteiger partial charge in [-0.2, -0.15) is 0 Å². The van der Waals surface area contributed by atoms with Gasteiger partial charge in [0.25, 0.3) is 0 Å². The van der Waals surface area contributed by atoms with Crippen LogP contribution in [0.3, 0.4) is 0 Å². The number of aliphatic hydroxyl groups excluding tert-OH is 1. The summed E-state index contributed by atoms with van der Waals surface area (Å²) in [6.45, 7) is 2.01. The minimum atomic E-state index is -0.566. The molecule has 1 N–H and O–H groups in total. The number of aryl methyl sites for hydroxylation is 1. The number of hydrogen-bond acceptors (Lipinski definition) is 2. The van der Waals surface area contributed by atoms with E-state index in [2.05, 4.69) is 15.9 Å². The minimum Gasteiger partial charge on any atom is -0.496 e. The van der Waals surface area contributed by atoms with E-state index in [9.17, 15) is 5.11 Å². The number of benzene rings is 2. The molecule has 0 saturated carbocycles. The summed E-state index contributed by atoms with van der Waals surface area (Å²) >= 11 is 3.44. The molecule has 0 aliphatic carbocycles. The molecule has 0 amide bonds. The van der Waals surface area contributed by atoms with Crippen molar-refractivity contribution in [1.29, 1.82) is 0 Å². The quantitative estimate of drug-likeness (QED) is 0.921. The molecular weight excluding hydrogens is 304 g/mol. The molecule has 1 atom stereocenters. The molecule has 2 aromatic carbocycles. The first-order valence-corrected chi connectivity index (χ1v) is 6.96. The zero-order valence-electron chi connectivity index (χ0n) is 11.1. The Hall–Kier alpha value is -1.32. The van der Waals surface area contributed by atoms with Crippen LogP contribution in [-0.2, 0) is 6.42 Å². The first kappa shape index (κ1) is 14.1. The van der Waals surface area contributed by atoms with Crippen molar-refractivity contribution in [2.24, 2.45) is 0 Å². The highest BCUT2D eigenvalue weighted by Crippen LogP contribution is 2.29. The van der Waals surface area contributed by atoms with Crippen LogP contribution in [0.2, 0.25) is 0 Å². The van der Waals surface area contributed by atoms with E-state index in [1.165, 1.54) is 0 Å². The van der Waals surface area contributed by atoms with Gasteiger partial charge in [0, 0.05) is 16.5 Å². The third-order valence-electron chi connectivity index (χ3n) is 3.06. The van der Waals surface area contributed by atoms with Gasteiger partial charge in [-0.25, -0.2) is 0 Å². The van der Waals surface area contributed by atoms with Crippen LogP contribution >= 0.6 is 15.9 Å². The van der Waals surface area contributed by atoms with E-state index >= 15 is 0 Å². The Bertz CT molecular complexity index is 566. The van der Waals surface area contributed by atoms with E-state index in [1.807, 2.05) is 49.4 Å². The van der Waals surface area contributed by atoms with Gasteiger partial charge in [0.15, 0.2) is 0 Å². The van der Waals surface area contributed by atoms with E-state index in [1.54, 1.807) is 7.11 Å². The maximum atomic E-state index is 10.4. The summed E-state index contributed by atoms with van der Waals surface area (Å²) < 4.78 is 6.34. The molecule has 0 saturated heterocycles. The van der Waals surface area contributed by atoms with Gasteiger partial charge >= 0.3 is 0 Å². The van der Waals surface area contributed by atoms with Gasteiger partial charge in [-0.15, -0.1) is 0 Å². The molecular formula is C16H17BrO2. The van der Waals surface area contributed by atoms with E-state index in [-0.39, 0.29) is 0 Å². The normalized spacial score (nSPS) is 12.2. The number of methoxy groups -OCH3 is 1. The predicted molar refractivity (Wildman–Crippen MR) is 80.5 cm³/mol. The molecule has 2 aromatic rings. The largest absolute Gasteiger partial charge is 0.496 e. The van der Waals surface area contributed by atoms with E-state index in [4.69, 9.17) is 4.74 Å². The first-order valence-electron chi connectivity index (χ1n) is 6.17. The Labute approximate surface area is 122 Å². The Kier molecular flexibility index (Phi) is 4.61. The Balaban J connectivity index is 2.24. The maximum absolute atomic E-state index is 10.4. The van der Waals surface area contributed by atoms with Crippen LogP contribution in [0.4, 0.5) is 0 Å². The average Bonchev–Trinajstić information content (AvgIpc) is 2.38. The second-order valence-electron chi connectivity index (χ2n) is 4.60. The second-order valence-corrected chi connectivity index (χ2v) is 5.51. The fourth-order valence-corrected chi connectivity index (χ4v) is 2.56. The average molecular weight is 321 g/mol.